The molecule has 2 aromatic rings. The molecule has 100 valence electrons. The van der Waals surface area contributed by atoms with Gasteiger partial charge in [-0.05, 0) is 26.0 Å². The van der Waals surface area contributed by atoms with Crippen LogP contribution in [0.25, 0.3) is 11.4 Å². The topological polar surface area (TPSA) is 58.1 Å². The summed E-state index contributed by atoms with van der Waals surface area (Å²) in [6, 6.07) is 5.55. The Labute approximate surface area is 116 Å². The normalized spacial score (nSPS) is 10.2. The molecule has 0 unspecified atom stereocenters. The van der Waals surface area contributed by atoms with Crippen molar-refractivity contribution < 1.29 is 4.79 Å². The van der Waals surface area contributed by atoms with Gasteiger partial charge in [0.15, 0.2) is 5.13 Å². The van der Waals surface area contributed by atoms with Gasteiger partial charge in [0.25, 0.3) is 0 Å². The van der Waals surface area contributed by atoms with E-state index in [9.17, 15) is 4.79 Å². The van der Waals surface area contributed by atoms with Crippen LogP contribution in [0.3, 0.4) is 0 Å². The van der Waals surface area contributed by atoms with Gasteiger partial charge >= 0.3 is 6.03 Å². The summed E-state index contributed by atoms with van der Waals surface area (Å²) >= 11 is 1.40. The molecule has 2 amide bonds. The number of urea groups is 1. The van der Waals surface area contributed by atoms with Gasteiger partial charge in [-0.15, -0.1) is 11.3 Å². The molecule has 0 spiro atoms. The fourth-order valence-corrected chi connectivity index (χ4v) is 2.34. The fourth-order valence-electron chi connectivity index (χ4n) is 1.64. The van der Waals surface area contributed by atoms with Gasteiger partial charge < -0.3 is 4.90 Å². The van der Waals surface area contributed by atoms with Crippen LogP contribution in [0, 0.1) is 0 Å². The monoisotopic (exact) mass is 276 g/mol. The minimum atomic E-state index is -0.119. The highest BCUT2D eigenvalue weighted by Gasteiger charge is 2.12. The van der Waals surface area contributed by atoms with Crippen LogP contribution in [-0.4, -0.2) is 34.0 Å². The summed E-state index contributed by atoms with van der Waals surface area (Å²) in [4.78, 5) is 22.2. The molecule has 1 N–H and O–H groups in total. The van der Waals surface area contributed by atoms with Crippen LogP contribution in [0.15, 0.2) is 29.8 Å². The van der Waals surface area contributed by atoms with Gasteiger partial charge in [0.05, 0.1) is 5.69 Å². The molecule has 6 heteroatoms. The van der Waals surface area contributed by atoms with E-state index in [0.29, 0.717) is 18.2 Å². The quantitative estimate of drug-likeness (QED) is 0.933. The standard InChI is InChI=1S/C13H16N4OS/c1-3-17(4-2)13(18)16-12-15-11(9-19-12)10-7-5-6-8-14-10/h5-9H,3-4H2,1-2H3,(H,15,16,18). The number of thiazole rings is 1. The maximum absolute atomic E-state index is 11.9. The number of aromatic nitrogens is 2. The summed E-state index contributed by atoms with van der Waals surface area (Å²) in [6.07, 6.45) is 1.73. The first-order chi connectivity index (χ1) is 9.24. The van der Waals surface area contributed by atoms with Crippen LogP contribution in [0.4, 0.5) is 9.93 Å². The molecule has 2 aromatic heterocycles. The Bertz CT molecular complexity index is 537. The van der Waals surface area contributed by atoms with E-state index in [1.807, 2.05) is 37.4 Å². The van der Waals surface area contributed by atoms with Crippen LogP contribution in [0.5, 0.6) is 0 Å². The molecule has 0 atom stereocenters. The van der Waals surface area contributed by atoms with Crippen LogP contribution >= 0.6 is 11.3 Å². The van der Waals surface area contributed by atoms with E-state index in [4.69, 9.17) is 0 Å². The minimum absolute atomic E-state index is 0.119. The van der Waals surface area contributed by atoms with Crippen LogP contribution in [-0.2, 0) is 0 Å². The van der Waals surface area contributed by atoms with Gasteiger partial charge in [-0.3, -0.25) is 10.3 Å². The number of carbonyl (C=O) groups is 1. The second kappa shape index (κ2) is 6.29. The highest BCUT2D eigenvalue weighted by Crippen LogP contribution is 2.23. The average molecular weight is 276 g/mol. The highest BCUT2D eigenvalue weighted by molar-refractivity contribution is 7.14. The molecule has 2 heterocycles. The van der Waals surface area contributed by atoms with Gasteiger partial charge in [0.1, 0.15) is 5.69 Å². The molecule has 2 rings (SSSR count). The Morgan fingerprint density at radius 1 is 1.32 bits per heavy atom. The molecule has 0 saturated carbocycles. The molecule has 19 heavy (non-hydrogen) atoms. The summed E-state index contributed by atoms with van der Waals surface area (Å²) in [5, 5.41) is 5.28. The van der Waals surface area contributed by atoms with Gasteiger partial charge in [-0.25, -0.2) is 9.78 Å². The second-order valence-corrected chi connectivity index (χ2v) is 4.71. The number of rotatable bonds is 4. The number of nitrogens with one attached hydrogen (secondary N) is 1. The fraction of sp³-hybridized carbons (Fsp3) is 0.308. The predicted octanol–water partition coefficient (Wildman–Crippen LogP) is 3.08. The number of hydrogen-bond acceptors (Lipinski definition) is 4. The zero-order valence-electron chi connectivity index (χ0n) is 11.0. The van der Waals surface area contributed by atoms with Crippen molar-refractivity contribution in [3.8, 4) is 11.4 Å². The molecular formula is C13H16N4OS. The Morgan fingerprint density at radius 2 is 2.11 bits per heavy atom. The van der Waals surface area contributed by atoms with Crippen LogP contribution in [0.2, 0.25) is 0 Å². The van der Waals surface area contributed by atoms with Crippen molar-refractivity contribution in [1.82, 2.24) is 14.9 Å². The zero-order chi connectivity index (χ0) is 13.7. The largest absolute Gasteiger partial charge is 0.325 e. The van der Waals surface area contributed by atoms with Gasteiger partial charge in [-0.2, -0.15) is 0 Å². The molecule has 0 bridgehead atoms. The molecular weight excluding hydrogens is 260 g/mol. The first kappa shape index (κ1) is 13.5. The first-order valence-corrected chi connectivity index (χ1v) is 7.05. The van der Waals surface area contributed by atoms with E-state index in [-0.39, 0.29) is 6.03 Å². The number of amides is 2. The van der Waals surface area contributed by atoms with E-state index >= 15 is 0 Å². The third-order valence-corrected chi connectivity index (χ3v) is 3.45. The lowest BCUT2D eigenvalue weighted by Crippen LogP contribution is -2.34. The maximum atomic E-state index is 11.9. The molecule has 0 aliphatic carbocycles. The van der Waals surface area contributed by atoms with E-state index in [1.165, 1.54) is 11.3 Å². The third-order valence-electron chi connectivity index (χ3n) is 2.70. The molecule has 0 fully saturated rings. The number of carbonyl (C=O) groups excluding carboxylic acids is 1. The Balaban J connectivity index is 2.08. The first-order valence-electron chi connectivity index (χ1n) is 6.17. The Hall–Kier alpha value is -1.95. The van der Waals surface area contributed by atoms with Crippen molar-refractivity contribution in [2.75, 3.05) is 18.4 Å². The Morgan fingerprint density at radius 3 is 2.74 bits per heavy atom. The maximum Gasteiger partial charge on any atom is 0.323 e. The van der Waals surface area contributed by atoms with Crippen molar-refractivity contribution in [1.29, 1.82) is 0 Å². The van der Waals surface area contributed by atoms with Gasteiger partial charge in [0.2, 0.25) is 0 Å². The van der Waals surface area contributed by atoms with Crippen LogP contribution < -0.4 is 5.32 Å². The lowest BCUT2D eigenvalue weighted by molar-refractivity contribution is 0.217. The summed E-state index contributed by atoms with van der Waals surface area (Å²) in [6.45, 7) is 5.26. The lowest BCUT2D eigenvalue weighted by Gasteiger charge is -2.17. The third kappa shape index (κ3) is 3.29. The summed E-state index contributed by atoms with van der Waals surface area (Å²) in [5.74, 6) is 0. The summed E-state index contributed by atoms with van der Waals surface area (Å²) in [5.41, 5.74) is 1.59. The highest BCUT2D eigenvalue weighted by atomic mass is 32.1. The van der Waals surface area contributed by atoms with E-state index < -0.39 is 0 Å². The Kier molecular flexibility index (Phi) is 4.46. The zero-order valence-corrected chi connectivity index (χ0v) is 11.8. The van der Waals surface area contributed by atoms with Gasteiger partial charge in [0, 0.05) is 24.7 Å². The van der Waals surface area contributed by atoms with E-state index in [2.05, 4.69) is 15.3 Å². The van der Waals surface area contributed by atoms with E-state index in [1.54, 1.807) is 11.1 Å². The average Bonchev–Trinajstić information content (AvgIpc) is 2.89. The molecule has 0 aliphatic heterocycles. The lowest BCUT2D eigenvalue weighted by atomic mass is 10.3. The molecule has 0 radical (unpaired) electrons. The molecule has 0 aromatic carbocycles. The van der Waals surface area contributed by atoms with Crippen LogP contribution in [0.1, 0.15) is 13.8 Å². The second-order valence-electron chi connectivity index (χ2n) is 3.86. The smallest absolute Gasteiger partial charge is 0.323 e. The molecule has 5 nitrogen and oxygen atoms in total. The van der Waals surface area contributed by atoms with E-state index in [0.717, 1.165) is 11.4 Å². The number of nitrogens with zero attached hydrogens (tertiary/aromatic N) is 3. The number of anilines is 1. The molecule has 0 saturated heterocycles. The molecule has 0 aliphatic rings. The van der Waals surface area contributed by atoms with Crippen molar-refractivity contribution in [3.05, 3.63) is 29.8 Å². The SMILES string of the molecule is CCN(CC)C(=O)Nc1nc(-c2ccccn2)cs1. The number of hydrogen-bond donors (Lipinski definition) is 1. The number of pyridine rings is 1. The predicted molar refractivity (Wildman–Crippen MR) is 77.3 cm³/mol. The van der Waals surface area contributed by atoms with Crippen molar-refractivity contribution >= 4 is 22.5 Å². The van der Waals surface area contributed by atoms with Crippen molar-refractivity contribution in [3.63, 3.8) is 0 Å². The summed E-state index contributed by atoms with van der Waals surface area (Å²) < 4.78 is 0. The van der Waals surface area contributed by atoms with Crippen molar-refractivity contribution in [2.24, 2.45) is 0 Å². The minimum Gasteiger partial charge on any atom is -0.325 e. The van der Waals surface area contributed by atoms with Crippen molar-refractivity contribution in [2.45, 2.75) is 13.8 Å². The van der Waals surface area contributed by atoms with Gasteiger partial charge in [-0.1, -0.05) is 6.07 Å². The summed E-state index contributed by atoms with van der Waals surface area (Å²) in [7, 11) is 0.